The molecule has 0 N–H and O–H groups in total. The van der Waals surface area contributed by atoms with E-state index in [4.69, 9.17) is 9.47 Å². The van der Waals surface area contributed by atoms with Crippen molar-refractivity contribution in [2.24, 2.45) is 0 Å². The molecule has 9 heteroatoms. The lowest BCUT2D eigenvalue weighted by atomic mass is 9.95. The van der Waals surface area contributed by atoms with Gasteiger partial charge < -0.3 is 9.47 Å². The minimum absolute atomic E-state index is 0.0110. The summed E-state index contributed by atoms with van der Waals surface area (Å²) in [7, 11) is 3.03. The van der Waals surface area contributed by atoms with Gasteiger partial charge in [-0.05, 0) is 38.5 Å². The Labute approximate surface area is 145 Å². The van der Waals surface area contributed by atoms with Crippen LogP contribution in [0.15, 0.2) is 18.2 Å². The van der Waals surface area contributed by atoms with E-state index in [0.29, 0.717) is 11.7 Å². The highest BCUT2D eigenvalue weighted by Gasteiger charge is 2.30. The fourth-order valence-corrected chi connectivity index (χ4v) is 2.48. The van der Waals surface area contributed by atoms with Crippen LogP contribution >= 0.6 is 0 Å². The zero-order chi connectivity index (χ0) is 18.9. The van der Waals surface area contributed by atoms with E-state index in [-0.39, 0.29) is 16.9 Å². The van der Waals surface area contributed by atoms with Crippen LogP contribution in [-0.2, 0) is 15.8 Å². The van der Waals surface area contributed by atoms with Crippen molar-refractivity contribution in [3.05, 3.63) is 39.6 Å². The third-order valence-electron chi connectivity index (χ3n) is 3.51. The number of non-ortho nitro benzene ring substituents is 1. The molecule has 1 aromatic carbocycles. The Bertz CT molecular complexity index is 866. The van der Waals surface area contributed by atoms with Crippen LogP contribution in [0.1, 0.15) is 36.8 Å². The topological polar surface area (TPSA) is 101 Å². The van der Waals surface area contributed by atoms with Crippen molar-refractivity contribution in [1.82, 2.24) is 4.57 Å². The molecule has 0 saturated carbocycles. The summed E-state index contributed by atoms with van der Waals surface area (Å²) in [4.78, 5) is 35.6. The zero-order valence-corrected chi connectivity index (χ0v) is 14.8. The first-order valence-electron chi connectivity index (χ1n) is 7.73. The van der Waals surface area contributed by atoms with Crippen molar-refractivity contribution < 1.29 is 24.0 Å². The molecule has 8 nitrogen and oxygen atoms in total. The Kier molecular flexibility index (Phi) is 4.87. The van der Waals surface area contributed by atoms with E-state index in [1.807, 2.05) is 7.85 Å². The number of fused-ring (bicyclic) bond motifs is 1. The number of ether oxygens (including phenoxy) is 2. The van der Waals surface area contributed by atoms with Gasteiger partial charge >= 0.3 is 12.1 Å². The number of benzene rings is 1. The number of esters is 1. The fraction of sp³-hybridized carbons (Fsp3) is 0.375. The van der Waals surface area contributed by atoms with Gasteiger partial charge in [0.2, 0.25) is 0 Å². The Balaban J connectivity index is 2.85. The number of methoxy groups -OCH3 is 1. The minimum atomic E-state index is -0.879. The van der Waals surface area contributed by atoms with Gasteiger partial charge in [-0.1, -0.05) is 6.32 Å². The quantitative estimate of drug-likeness (QED) is 0.366. The molecule has 2 rings (SSSR count). The summed E-state index contributed by atoms with van der Waals surface area (Å²) >= 11 is 0. The third kappa shape index (κ3) is 3.65. The van der Waals surface area contributed by atoms with E-state index in [0.717, 1.165) is 10.1 Å². The van der Waals surface area contributed by atoms with Crippen LogP contribution in [0.5, 0.6) is 0 Å². The lowest BCUT2D eigenvalue weighted by molar-refractivity contribution is -0.383. The summed E-state index contributed by atoms with van der Waals surface area (Å²) < 4.78 is 10.9. The van der Waals surface area contributed by atoms with Gasteiger partial charge in [-0.3, -0.25) is 10.1 Å². The minimum Gasteiger partial charge on any atom is -0.464 e. The molecule has 1 heterocycles. The largest absolute Gasteiger partial charge is 0.464 e. The zero-order valence-electron chi connectivity index (χ0n) is 14.8. The molecule has 0 fully saturated rings. The van der Waals surface area contributed by atoms with E-state index < -0.39 is 22.6 Å². The van der Waals surface area contributed by atoms with E-state index in [1.165, 1.54) is 19.2 Å². The Hall–Kier alpha value is -2.84. The van der Waals surface area contributed by atoms with Gasteiger partial charge in [-0.2, -0.15) is 0 Å². The fourth-order valence-electron chi connectivity index (χ4n) is 2.48. The lowest BCUT2D eigenvalue weighted by Gasteiger charge is -2.20. The Morgan fingerprint density at radius 2 is 1.92 bits per heavy atom. The van der Waals surface area contributed by atoms with Crippen LogP contribution in [0, 0.1) is 10.1 Å². The average molecular weight is 346 g/mol. The standard InChI is InChI=1S/C16H19BN2O6/c1-16(2,3)25-15(21)18-12(14(20)24-4)7-10-5-9(8-17)6-11(13(10)18)19(22)23/h5-7H,8,17H2,1-4H3. The van der Waals surface area contributed by atoms with Gasteiger partial charge in [0, 0.05) is 11.5 Å². The molecule has 0 saturated heterocycles. The highest BCUT2D eigenvalue weighted by atomic mass is 16.6. The van der Waals surface area contributed by atoms with Crippen LogP contribution in [0.25, 0.3) is 10.9 Å². The third-order valence-corrected chi connectivity index (χ3v) is 3.51. The number of nitro benzene ring substituents is 1. The number of carbonyl (C=O) groups excluding carboxylic acids is 2. The maximum absolute atomic E-state index is 12.6. The highest BCUT2D eigenvalue weighted by Crippen LogP contribution is 2.32. The van der Waals surface area contributed by atoms with Crippen molar-refractivity contribution in [3.63, 3.8) is 0 Å². The summed E-state index contributed by atoms with van der Waals surface area (Å²) in [6, 6.07) is 4.50. The average Bonchev–Trinajstić information content (AvgIpc) is 2.90. The van der Waals surface area contributed by atoms with Crippen molar-refractivity contribution in [2.45, 2.75) is 32.7 Å². The second kappa shape index (κ2) is 6.58. The number of rotatable bonds is 3. The van der Waals surface area contributed by atoms with Crippen LogP contribution in [0.4, 0.5) is 10.5 Å². The van der Waals surface area contributed by atoms with Gasteiger partial charge in [0.05, 0.1) is 12.0 Å². The molecule has 25 heavy (non-hydrogen) atoms. The smallest absolute Gasteiger partial charge is 0.419 e. The number of carbonyl (C=O) groups is 2. The summed E-state index contributed by atoms with van der Waals surface area (Å²) in [6.07, 6.45) is -0.308. The van der Waals surface area contributed by atoms with Crippen molar-refractivity contribution in [2.75, 3.05) is 7.11 Å². The van der Waals surface area contributed by atoms with Crippen LogP contribution in [0.2, 0.25) is 0 Å². The summed E-state index contributed by atoms with van der Waals surface area (Å²) in [5.41, 5.74) is -0.494. The molecular weight excluding hydrogens is 327 g/mol. The molecular formula is C16H19BN2O6. The monoisotopic (exact) mass is 346 g/mol. The Morgan fingerprint density at radius 1 is 1.28 bits per heavy atom. The van der Waals surface area contributed by atoms with E-state index in [2.05, 4.69) is 0 Å². The number of hydrogen-bond acceptors (Lipinski definition) is 6. The number of nitro groups is 1. The highest BCUT2D eigenvalue weighted by molar-refractivity contribution is 6.09. The van der Waals surface area contributed by atoms with Crippen molar-refractivity contribution in [1.29, 1.82) is 0 Å². The lowest BCUT2D eigenvalue weighted by Crippen LogP contribution is -2.29. The predicted molar refractivity (Wildman–Crippen MR) is 93.8 cm³/mol. The molecule has 0 bridgehead atoms. The number of aromatic nitrogens is 1. The van der Waals surface area contributed by atoms with Gasteiger partial charge in [-0.15, -0.1) is 0 Å². The van der Waals surface area contributed by atoms with Gasteiger partial charge in [0.1, 0.15) is 24.7 Å². The van der Waals surface area contributed by atoms with Gasteiger partial charge in [0.15, 0.2) is 0 Å². The maximum Gasteiger partial charge on any atom is 0.419 e. The molecule has 2 aromatic rings. The summed E-state index contributed by atoms with van der Waals surface area (Å²) in [5.74, 6) is -0.783. The first-order chi connectivity index (χ1) is 11.6. The molecule has 1 aromatic heterocycles. The molecule has 0 aliphatic rings. The normalized spacial score (nSPS) is 11.4. The molecule has 0 radical (unpaired) electrons. The summed E-state index contributed by atoms with van der Waals surface area (Å²) in [6.45, 7) is 4.99. The molecule has 0 atom stereocenters. The van der Waals surface area contributed by atoms with Crippen molar-refractivity contribution in [3.8, 4) is 0 Å². The summed E-state index contributed by atoms with van der Waals surface area (Å²) in [5, 5.41) is 11.9. The van der Waals surface area contributed by atoms with E-state index in [9.17, 15) is 19.7 Å². The molecule has 132 valence electrons. The van der Waals surface area contributed by atoms with Crippen LogP contribution in [0.3, 0.4) is 0 Å². The first kappa shape index (κ1) is 18.5. The predicted octanol–water partition coefficient (Wildman–Crippen LogP) is 2.25. The first-order valence-corrected chi connectivity index (χ1v) is 7.73. The van der Waals surface area contributed by atoms with Gasteiger partial charge in [0.25, 0.3) is 5.69 Å². The Morgan fingerprint density at radius 3 is 2.40 bits per heavy atom. The number of hydrogen-bond donors (Lipinski definition) is 0. The van der Waals surface area contributed by atoms with Gasteiger partial charge in [-0.25, -0.2) is 14.2 Å². The maximum atomic E-state index is 12.6. The second-order valence-corrected chi connectivity index (χ2v) is 6.50. The number of nitrogens with zero attached hydrogens (tertiary/aromatic N) is 2. The van der Waals surface area contributed by atoms with Crippen molar-refractivity contribution >= 4 is 36.5 Å². The SMILES string of the molecule is BCc1cc([N+](=O)[O-])c2c(c1)cc(C(=O)OC)n2C(=O)OC(C)(C)C. The molecule has 0 aliphatic carbocycles. The molecule has 0 spiro atoms. The van der Waals surface area contributed by atoms with E-state index >= 15 is 0 Å². The van der Waals surface area contributed by atoms with Crippen LogP contribution < -0.4 is 0 Å². The molecule has 0 amide bonds. The van der Waals surface area contributed by atoms with E-state index in [1.54, 1.807) is 26.8 Å². The molecule has 0 aliphatic heterocycles. The molecule has 0 unspecified atom stereocenters. The second-order valence-electron chi connectivity index (χ2n) is 6.50. The van der Waals surface area contributed by atoms with Crippen LogP contribution in [-0.4, -0.2) is 42.1 Å².